The smallest absolute Gasteiger partial charge is 0.191 e. The second-order valence-corrected chi connectivity index (χ2v) is 7.89. The standard InChI is InChI=1S/C14H24N4S2/c1-4-12-18-11(9-19-12)8-16-13(15-3)17-10-14(2)6-5-7-20-14/h9H,4-8,10H2,1-3H3,(H2,15,16,17). The predicted octanol–water partition coefficient (Wildman–Crippen LogP) is 2.66. The Morgan fingerprint density at radius 3 is 2.95 bits per heavy atom. The van der Waals surface area contributed by atoms with Gasteiger partial charge in [0.05, 0.1) is 17.2 Å². The van der Waals surface area contributed by atoms with Crippen molar-refractivity contribution in [3.05, 3.63) is 16.1 Å². The Kier molecular flexibility index (Phi) is 5.72. The lowest BCUT2D eigenvalue weighted by Crippen LogP contribution is -2.43. The van der Waals surface area contributed by atoms with Crippen molar-refractivity contribution in [1.82, 2.24) is 15.6 Å². The van der Waals surface area contributed by atoms with E-state index >= 15 is 0 Å². The molecule has 6 heteroatoms. The lowest BCUT2D eigenvalue weighted by Gasteiger charge is -2.24. The Hall–Kier alpha value is -0.750. The fourth-order valence-electron chi connectivity index (χ4n) is 2.23. The number of thioether (sulfide) groups is 1. The minimum atomic E-state index is 0.355. The molecular formula is C14H24N4S2. The minimum Gasteiger partial charge on any atom is -0.355 e. The van der Waals surface area contributed by atoms with E-state index in [0.717, 1.165) is 31.2 Å². The van der Waals surface area contributed by atoms with Crippen molar-refractivity contribution in [3.8, 4) is 0 Å². The van der Waals surface area contributed by atoms with E-state index in [1.54, 1.807) is 11.3 Å². The lowest BCUT2D eigenvalue weighted by molar-refractivity contribution is 0.584. The van der Waals surface area contributed by atoms with Crippen LogP contribution in [-0.4, -0.2) is 35.0 Å². The number of nitrogens with one attached hydrogen (secondary N) is 2. The number of rotatable bonds is 5. The molecule has 0 radical (unpaired) electrons. The van der Waals surface area contributed by atoms with Crippen LogP contribution in [0.25, 0.3) is 0 Å². The summed E-state index contributed by atoms with van der Waals surface area (Å²) >= 11 is 3.79. The third kappa shape index (κ3) is 4.38. The molecule has 2 N–H and O–H groups in total. The third-order valence-corrected chi connectivity index (χ3v) is 6.07. The van der Waals surface area contributed by atoms with E-state index in [9.17, 15) is 0 Å². The highest BCUT2D eigenvalue weighted by Gasteiger charge is 2.29. The molecule has 0 spiro atoms. The Morgan fingerprint density at radius 2 is 2.35 bits per heavy atom. The average molecular weight is 313 g/mol. The van der Waals surface area contributed by atoms with Crippen LogP contribution < -0.4 is 10.6 Å². The lowest BCUT2D eigenvalue weighted by atomic mass is 10.1. The highest BCUT2D eigenvalue weighted by atomic mass is 32.2. The van der Waals surface area contributed by atoms with Gasteiger partial charge in [-0.05, 0) is 31.9 Å². The molecule has 0 saturated carbocycles. The van der Waals surface area contributed by atoms with Crippen molar-refractivity contribution < 1.29 is 0 Å². The first-order valence-corrected chi connectivity index (χ1v) is 9.03. The number of aliphatic imine (C=N–C) groups is 1. The van der Waals surface area contributed by atoms with Crippen LogP contribution in [0, 0.1) is 0 Å². The number of thiazole rings is 1. The molecule has 0 amide bonds. The predicted molar refractivity (Wildman–Crippen MR) is 89.8 cm³/mol. The van der Waals surface area contributed by atoms with Crippen LogP contribution in [0.15, 0.2) is 10.4 Å². The summed E-state index contributed by atoms with van der Waals surface area (Å²) in [6, 6.07) is 0. The van der Waals surface area contributed by atoms with E-state index in [-0.39, 0.29) is 0 Å². The van der Waals surface area contributed by atoms with Gasteiger partial charge in [-0.3, -0.25) is 4.99 Å². The summed E-state index contributed by atoms with van der Waals surface area (Å²) in [7, 11) is 1.82. The summed E-state index contributed by atoms with van der Waals surface area (Å²) < 4.78 is 0.355. The van der Waals surface area contributed by atoms with Crippen LogP contribution in [0.2, 0.25) is 0 Å². The largest absolute Gasteiger partial charge is 0.355 e. The van der Waals surface area contributed by atoms with Crippen molar-refractivity contribution in [3.63, 3.8) is 0 Å². The summed E-state index contributed by atoms with van der Waals surface area (Å²) in [6.07, 6.45) is 3.62. The molecular weight excluding hydrogens is 288 g/mol. The van der Waals surface area contributed by atoms with Gasteiger partial charge in [-0.1, -0.05) is 6.92 Å². The van der Waals surface area contributed by atoms with Gasteiger partial charge >= 0.3 is 0 Å². The van der Waals surface area contributed by atoms with E-state index in [0.29, 0.717) is 4.75 Å². The van der Waals surface area contributed by atoms with Crippen LogP contribution in [0.4, 0.5) is 0 Å². The normalized spacial score (nSPS) is 23.1. The molecule has 4 nitrogen and oxygen atoms in total. The molecule has 1 saturated heterocycles. The number of aryl methyl sites for hydroxylation is 1. The van der Waals surface area contributed by atoms with E-state index in [1.165, 1.54) is 23.6 Å². The van der Waals surface area contributed by atoms with Crippen molar-refractivity contribution >= 4 is 29.1 Å². The summed E-state index contributed by atoms with van der Waals surface area (Å²) in [5.74, 6) is 2.15. The number of hydrogen-bond donors (Lipinski definition) is 2. The molecule has 1 aromatic rings. The fourth-order valence-corrected chi connectivity index (χ4v) is 4.22. The fraction of sp³-hybridized carbons (Fsp3) is 0.714. The Balaban J connectivity index is 1.77. The van der Waals surface area contributed by atoms with Gasteiger partial charge in [-0.2, -0.15) is 11.8 Å². The van der Waals surface area contributed by atoms with E-state index in [2.05, 4.69) is 51.6 Å². The molecule has 1 atom stereocenters. The molecule has 0 aromatic carbocycles. The van der Waals surface area contributed by atoms with Crippen LogP contribution in [-0.2, 0) is 13.0 Å². The number of guanidine groups is 1. The Labute approximate surface area is 129 Å². The zero-order valence-electron chi connectivity index (χ0n) is 12.5. The minimum absolute atomic E-state index is 0.355. The molecule has 1 aliphatic rings. The van der Waals surface area contributed by atoms with Gasteiger partial charge in [0.2, 0.25) is 0 Å². The molecule has 1 unspecified atom stereocenters. The second-order valence-electron chi connectivity index (χ2n) is 5.27. The average Bonchev–Trinajstić information content (AvgIpc) is 3.08. The molecule has 20 heavy (non-hydrogen) atoms. The molecule has 1 fully saturated rings. The van der Waals surface area contributed by atoms with Crippen molar-refractivity contribution in [1.29, 1.82) is 0 Å². The van der Waals surface area contributed by atoms with Gasteiger partial charge in [0, 0.05) is 23.7 Å². The zero-order valence-corrected chi connectivity index (χ0v) is 14.2. The molecule has 112 valence electrons. The first-order chi connectivity index (χ1) is 9.65. The van der Waals surface area contributed by atoms with Crippen molar-refractivity contribution in [2.75, 3.05) is 19.3 Å². The van der Waals surface area contributed by atoms with E-state index < -0.39 is 0 Å². The summed E-state index contributed by atoms with van der Waals surface area (Å²) in [5.41, 5.74) is 1.09. The molecule has 0 bridgehead atoms. The van der Waals surface area contributed by atoms with Gasteiger partial charge in [0.25, 0.3) is 0 Å². The quantitative estimate of drug-likeness (QED) is 0.648. The maximum Gasteiger partial charge on any atom is 0.191 e. The van der Waals surface area contributed by atoms with Crippen LogP contribution >= 0.6 is 23.1 Å². The first-order valence-electron chi connectivity index (χ1n) is 7.17. The van der Waals surface area contributed by atoms with E-state index in [1.807, 2.05) is 7.05 Å². The van der Waals surface area contributed by atoms with Crippen LogP contribution in [0.5, 0.6) is 0 Å². The number of aromatic nitrogens is 1. The topological polar surface area (TPSA) is 49.3 Å². The van der Waals surface area contributed by atoms with Crippen LogP contribution in [0.3, 0.4) is 0 Å². The Bertz CT molecular complexity index is 450. The first kappa shape index (κ1) is 15.6. The SMILES string of the molecule is CCc1nc(CNC(=NC)NCC2(C)CCCS2)cs1. The second kappa shape index (κ2) is 7.31. The summed E-state index contributed by atoms with van der Waals surface area (Å²) in [6.45, 7) is 6.17. The maximum absolute atomic E-state index is 4.56. The Morgan fingerprint density at radius 1 is 1.50 bits per heavy atom. The zero-order chi connectivity index (χ0) is 14.4. The highest BCUT2D eigenvalue weighted by molar-refractivity contribution is 8.00. The molecule has 0 aliphatic carbocycles. The van der Waals surface area contributed by atoms with Gasteiger partial charge in [-0.15, -0.1) is 11.3 Å². The number of hydrogen-bond acceptors (Lipinski definition) is 4. The van der Waals surface area contributed by atoms with Gasteiger partial charge in [0.1, 0.15) is 0 Å². The van der Waals surface area contributed by atoms with Crippen molar-refractivity contribution in [2.24, 2.45) is 4.99 Å². The van der Waals surface area contributed by atoms with E-state index in [4.69, 9.17) is 0 Å². The van der Waals surface area contributed by atoms with Gasteiger partial charge < -0.3 is 10.6 Å². The van der Waals surface area contributed by atoms with Gasteiger partial charge in [-0.25, -0.2) is 4.98 Å². The van der Waals surface area contributed by atoms with Gasteiger partial charge in [0.15, 0.2) is 5.96 Å². The van der Waals surface area contributed by atoms with Crippen molar-refractivity contribution in [2.45, 2.75) is 44.4 Å². The molecule has 1 aromatic heterocycles. The molecule has 2 heterocycles. The number of nitrogens with zero attached hydrogens (tertiary/aromatic N) is 2. The van der Waals surface area contributed by atoms with Crippen LogP contribution in [0.1, 0.15) is 37.4 Å². The molecule has 2 rings (SSSR count). The monoisotopic (exact) mass is 312 g/mol. The summed E-state index contributed by atoms with van der Waals surface area (Å²) in [4.78, 5) is 8.84. The third-order valence-electron chi connectivity index (χ3n) is 3.49. The summed E-state index contributed by atoms with van der Waals surface area (Å²) in [5, 5.41) is 10.1. The highest BCUT2D eigenvalue weighted by Crippen LogP contribution is 2.36. The molecule has 1 aliphatic heterocycles. The maximum atomic E-state index is 4.56.